The van der Waals surface area contributed by atoms with Crippen LogP contribution in [0.2, 0.25) is 0 Å². The maximum atomic E-state index is 10.7. The highest BCUT2D eigenvalue weighted by molar-refractivity contribution is 7.99. The van der Waals surface area contributed by atoms with E-state index in [2.05, 4.69) is 29.2 Å². The fourth-order valence-corrected chi connectivity index (χ4v) is 2.03. The van der Waals surface area contributed by atoms with Gasteiger partial charge in [-0.25, -0.2) is 5.48 Å². The predicted octanol–water partition coefficient (Wildman–Crippen LogP) is 2.46. The summed E-state index contributed by atoms with van der Waals surface area (Å²) in [5, 5.41) is 8.27. The molecule has 5 heteroatoms. The number of hydrogen-bond donors (Lipinski definition) is 2. The molecule has 0 fully saturated rings. The zero-order chi connectivity index (χ0) is 14.1. The molecule has 1 amide bonds. The fourth-order valence-electron chi connectivity index (χ4n) is 1.30. The number of allylic oxidation sites excluding steroid dienone is 2. The lowest BCUT2D eigenvalue weighted by molar-refractivity contribution is -0.124. The Morgan fingerprint density at radius 2 is 2.00 bits per heavy atom. The van der Waals surface area contributed by atoms with Gasteiger partial charge in [0.1, 0.15) is 0 Å². The number of hydroxylamine groups is 1. The molecule has 2 N–H and O–H groups in total. The number of anilines is 1. The van der Waals surface area contributed by atoms with Gasteiger partial charge in [0.25, 0.3) is 5.91 Å². The summed E-state index contributed by atoms with van der Waals surface area (Å²) in [7, 11) is 4.03. The van der Waals surface area contributed by atoms with Crippen LogP contribution in [0.1, 0.15) is 0 Å². The van der Waals surface area contributed by atoms with Crippen molar-refractivity contribution in [3.05, 3.63) is 48.6 Å². The molecule has 0 radical (unpaired) electrons. The van der Waals surface area contributed by atoms with Gasteiger partial charge in [-0.15, -0.1) is 11.8 Å². The van der Waals surface area contributed by atoms with E-state index in [1.54, 1.807) is 23.9 Å². The molecule has 19 heavy (non-hydrogen) atoms. The fraction of sp³-hybridized carbons (Fsp3) is 0.214. The van der Waals surface area contributed by atoms with Crippen LogP contribution in [0.25, 0.3) is 0 Å². The predicted molar refractivity (Wildman–Crippen MR) is 79.7 cm³/mol. The first-order valence-corrected chi connectivity index (χ1v) is 6.79. The van der Waals surface area contributed by atoms with E-state index in [0.29, 0.717) is 0 Å². The highest BCUT2D eigenvalue weighted by Crippen LogP contribution is 2.21. The summed E-state index contributed by atoms with van der Waals surface area (Å²) >= 11 is 1.72. The van der Waals surface area contributed by atoms with Crippen molar-refractivity contribution in [2.24, 2.45) is 0 Å². The monoisotopic (exact) mass is 278 g/mol. The third-order valence-corrected chi connectivity index (χ3v) is 3.27. The molecule has 1 aromatic carbocycles. The summed E-state index contributed by atoms with van der Waals surface area (Å²) in [6.45, 7) is 0. The molecule has 1 aromatic rings. The van der Waals surface area contributed by atoms with Crippen molar-refractivity contribution >= 4 is 23.4 Å². The minimum Gasteiger partial charge on any atom is -0.378 e. The van der Waals surface area contributed by atoms with Gasteiger partial charge < -0.3 is 4.90 Å². The van der Waals surface area contributed by atoms with Crippen molar-refractivity contribution < 1.29 is 10.0 Å². The van der Waals surface area contributed by atoms with Crippen LogP contribution in [0.5, 0.6) is 0 Å². The number of hydrogen-bond acceptors (Lipinski definition) is 4. The maximum Gasteiger partial charge on any atom is 0.267 e. The Kier molecular flexibility index (Phi) is 6.78. The number of nitrogens with one attached hydrogen (secondary N) is 1. The smallest absolute Gasteiger partial charge is 0.267 e. The molecule has 102 valence electrons. The zero-order valence-corrected chi connectivity index (χ0v) is 11.9. The van der Waals surface area contributed by atoms with Crippen LogP contribution in [0.15, 0.2) is 53.5 Å². The van der Waals surface area contributed by atoms with Gasteiger partial charge in [-0.3, -0.25) is 10.0 Å². The normalized spacial score (nSPS) is 11.1. The van der Waals surface area contributed by atoms with Crippen molar-refractivity contribution in [1.29, 1.82) is 0 Å². The second-order valence-electron chi connectivity index (χ2n) is 3.96. The molecule has 0 aromatic heterocycles. The average molecular weight is 278 g/mol. The van der Waals surface area contributed by atoms with E-state index in [0.717, 1.165) is 5.75 Å². The lowest BCUT2D eigenvalue weighted by Crippen LogP contribution is -2.14. The van der Waals surface area contributed by atoms with Crippen molar-refractivity contribution in [3.8, 4) is 0 Å². The van der Waals surface area contributed by atoms with E-state index < -0.39 is 5.91 Å². The number of nitrogens with zero attached hydrogens (tertiary/aromatic N) is 1. The highest BCUT2D eigenvalue weighted by atomic mass is 32.2. The van der Waals surface area contributed by atoms with Crippen LogP contribution in [-0.4, -0.2) is 31.0 Å². The Morgan fingerprint density at radius 3 is 2.58 bits per heavy atom. The molecule has 4 nitrogen and oxygen atoms in total. The standard InChI is InChI=1S/C14H18N2O2S/c1-16(2)12-7-9-13(10-8-12)19-11-5-3-4-6-14(17)15-18/h3-10,18H,11H2,1-2H3,(H,15,17)/b5-3+,6-4+. The van der Waals surface area contributed by atoms with E-state index in [9.17, 15) is 4.79 Å². The van der Waals surface area contributed by atoms with Gasteiger partial charge in [0.15, 0.2) is 0 Å². The number of benzene rings is 1. The second-order valence-corrected chi connectivity index (χ2v) is 5.06. The first kappa shape index (κ1) is 15.3. The second kappa shape index (κ2) is 8.39. The molecule has 0 saturated carbocycles. The van der Waals surface area contributed by atoms with Gasteiger partial charge in [0.05, 0.1) is 0 Å². The maximum absolute atomic E-state index is 10.7. The van der Waals surface area contributed by atoms with Crippen LogP contribution in [0, 0.1) is 0 Å². The molecule has 0 saturated heterocycles. The Hall–Kier alpha value is -1.72. The molecular formula is C14H18N2O2S. The third kappa shape index (κ3) is 6.13. The molecule has 0 spiro atoms. The summed E-state index contributed by atoms with van der Waals surface area (Å²) in [5.74, 6) is 0.295. The van der Waals surface area contributed by atoms with Crippen LogP contribution in [0.4, 0.5) is 5.69 Å². The molecule has 1 rings (SSSR count). The molecule has 0 aliphatic heterocycles. The van der Waals surface area contributed by atoms with E-state index in [4.69, 9.17) is 5.21 Å². The average Bonchev–Trinajstić information content (AvgIpc) is 2.42. The number of thioether (sulfide) groups is 1. The van der Waals surface area contributed by atoms with E-state index in [1.807, 2.05) is 20.2 Å². The summed E-state index contributed by atoms with van der Waals surface area (Å²) in [5.41, 5.74) is 2.71. The van der Waals surface area contributed by atoms with Crippen LogP contribution in [-0.2, 0) is 4.79 Å². The first-order chi connectivity index (χ1) is 9.13. The number of carbonyl (C=O) groups excluding carboxylic acids is 1. The van der Waals surface area contributed by atoms with Gasteiger partial charge in [-0.05, 0) is 24.3 Å². The van der Waals surface area contributed by atoms with Crippen LogP contribution < -0.4 is 10.4 Å². The molecule has 0 unspecified atom stereocenters. The third-order valence-electron chi connectivity index (χ3n) is 2.30. The number of rotatable bonds is 6. The summed E-state index contributed by atoms with van der Waals surface area (Å²) in [6, 6.07) is 8.33. The van der Waals surface area contributed by atoms with Crippen molar-refractivity contribution in [2.45, 2.75) is 4.90 Å². The van der Waals surface area contributed by atoms with Crippen LogP contribution in [0.3, 0.4) is 0 Å². The Labute approximate surface area is 117 Å². The highest BCUT2D eigenvalue weighted by Gasteiger charge is 1.95. The quantitative estimate of drug-likeness (QED) is 0.276. The lowest BCUT2D eigenvalue weighted by atomic mass is 10.3. The Balaban J connectivity index is 2.35. The lowest BCUT2D eigenvalue weighted by Gasteiger charge is -2.12. The molecule has 0 atom stereocenters. The van der Waals surface area contributed by atoms with Gasteiger partial charge in [-0.2, -0.15) is 0 Å². The number of carbonyl (C=O) groups is 1. The first-order valence-electron chi connectivity index (χ1n) is 5.81. The Morgan fingerprint density at radius 1 is 1.32 bits per heavy atom. The minimum atomic E-state index is -0.531. The largest absolute Gasteiger partial charge is 0.378 e. The van der Waals surface area contributed by atoms with E-state index >= 15 is 0 Å². The van der Waals surface area contributed by atoms with Gasteiger partial charge in [0.2, 0.25) is 0 Å². The van der Waals surface area contributed by atoms with Crippen molar-refractivity contribution in [3.63, 3.8) is 0 Å². The summed E-state index contributed by atoms with van der Waals surface area (Å²) in [4.78, 5) is 13.9. The summed E-state index contributed by atoms with van der Waals surface area (Å²) < 4.78 is 0. The minimum absolute atomic E-state index is 0.531. The van der Waals surface area contributed by atoms with Gasteiger partial charge >= 0.3 is 0 Å². The van der Waals surface area contributed by atoms with Gasteiger partial charge in [-0.1, -0.05) is 18.2 Å². The molecule has 0 aliphatic carbocycles. The SMILES string of the molecule is CN(C)c1ccc(SC/C=C/C=C/C(=O)NO)cc1. The Bertz CT molecular complexity index is 453. The van der Waals surface area contributed by atoms with E-state index in [-0.39, 0.29) is 0 Å². The molecule has 0 heterocycles. The van der Waals surface area contributed by atoms with E-state index in [1.165, 1.54) is 22.1 Å². The molecule has 0 aliphatic rings. The topological polar surface area (TPSA) is 52.6 Å². The van der Waals surface area contributed by atoms with Crippen molar-refractivity contribution in [2.75, 3.05) is 24.7 Å². The van der Waals surface area contributed by atoms with Crippen molar-refractivity contribution in [1.82, 2.24) is 5.48 Å². The number of amides is 1. The summed E-state index contributed by atoms with van der Waals surface area (Å²) in [6.07, 6.45) is 6.57. The van der Waals surface area contributed by atoms with Gasteiger partial charge in [0, 0.05) is 36.5 Å². The zero-order valence-electron chi connectivity index (χ0n) is 11.0. The molecular weight excluding hydrogens is 260 g/mol. The van der Waals surface area contributed by atoms with Crippen LogP contribution >= 0.6 is 11.8 Å². The molecule has 0 bridgehead atoms.